The third-order valence-corrected chi connectivity index (χ3v) is 9.42. The van der Waals surface area contributed by atoms with E-state index in [0.29, 0.717) is 0 Å². The van der Waals surface area contributed by atoms with Crippen LogP contribution in [-0.2, 0) is 12.8 Å². The highest BCUT2D eigenvalue weighted by Crippen LogP contribution is 2.33. The third kappa shape index (κ3) is 8.35. The van der Waals surface area contributed by atoms with Gasteiger partial charge < -0.3 is 0 Å². The minimum atomic E-state index is 0.938. The van der Waals surface area contributed by atoms with E-state index < -0.39 is 0 Å². The van der Waals surface area contributed by atoms with Gasteiger partial charge in [0.05, 0.1) is 11.4 Å². The number of nitrogens with zero attached hydrogens (tertiary/aromatic N) is 2. The molecule has 4 aromatic rings. The SMILES string of the molecule is CCCCCCCCc1ccsc1-c1ccc(-c2ccc(-c3sccc3CCCCCCCC)cn2)nc1. The molecule has 0 amide bonds. The molecule has 0 N–H and O–H groups in total. The smallest absolute Gasteiger partial charge is 0.0886 e. The fourth-order valence-electron chi connectivity index (χ4n) is 5.12. The Balaban J connectivity index is 1.33. The van der Waals surface area contributed by atoms with E-state index in [-0.39, 0.29) is 0 Å². The molecule has 0 radical (unpaired) electrons. The third-order valence-electron chi connectivity index (χ3n) is 7.41. The summed E-state index contributed by atoms with van der Waals surface area (Å²) in [5.74, 6) is 0. The van der Waals surface area contributed by atoms with Crippen LogP contribution in [0.15, 0.2) is 59.6 Å². The van der Waals surface area contributed by atoms with Crippen LogP contribution < -0.4 is 0 Å². The van der Waals surface area contributed by atoms with Crippen molar-refractivity contribution in [3.8, 4) is 32.3 Å². The maximum absolute atomic E-state index is 4.80. The monoisotopic (exact) mass is 544 g/mol. The zero-order chi connectivity index (χ0) is 26.4. The predicted octanol–water partition coefficient (Wildman–Crippen LogP) is 11.4. The molecule has 0 aromatic carbocycles. The van der Waals surface area contributed by atoms with E-state index in [1.807, 2.05) is 35.1 Å². The molecule has 0 aliphatic heterocycles. The lowest BCUT2D eigenvalue weighted by atomic mass is 10.0. The summed E-state index contributed by atoms with van der Waals surface area (Å²) in [5.41, 5.74) is 7.25. The van der Waals surface area contributed by atoms with Crippen molar-refractivity contribution in [2.24, 2.45) is 0 Å². The van der Waals surface area contributed by atoms with Crippen molar-refractivity contribution in [3.63, 3.8) is 0 Å². The highest BCUT2D eigenvalue weighted by atomic mass is 32.1. The molecule has 0 saturated heterocycles. The fourth-order valence-corrected chi connectivity index (χ4v) is 7.02. The van der Waals surface area contributed by atoms with Gasteiger partial charge in [0.2, 0.25) is 0 Å². The van der Waals surface area contributed by atoms with Crippen LogP contribution in [0.25, 0.3) is 32.3 Å². The first-order valence-corrected chi connectivity index (χ1v) is 16.6. The zero-order valence-electron chi connectivity index (χ0n) is 23.4. The van der Waals surface area contributed by atoms with E-state index in [2.05, 4.69) is 61.0 Å². The standard InChI is InChI=1S/C34H44N2S2/c1-3-5-7-9-11-13-15-27-21-23-37-33(27)29-17-19-31(35-25-29)32-20-18-30(26-36-32)34-28(22-24-38-34)16-14-12-10-8-6-4-2/h17-26H,3-16H2,1-2H3. The molecule has 38 heavy (non-hydrogen) atoms. The maximum atomic E-state index is 4.80. The number of unbranched alkanes of at least 4 members (excludes halogenated alkanes) is 10. The molecular formula is C34H44N2S2. The summed E-state index contributed by atoms with van der Waals surface area (Å²) >= 11 is 3.67. The Morgan fingerprint density at radius 3 is 1.32 bits per heavy atom. The minimum absolute atomic E-state index is 0.938. The summed E-state index contributed by atoms with van der Waals surface area (Å²) in [6.07, 6.45) is 22.4. The molecule has 4 heterocycles. The average Bonchev–Trinajstić information content (AvgIpc) is 3.63. The molecule has 4 heteroatoms. The lowest BCUT2D eigenvalue weighted by molar-refractivity contribution is 0.608. The predicted molar refractivity (Wildman–Crippen MR) is 168 cm³/mol. The van der Waals surface area contributed by atoms with E-state index in [1.165, 1.54) is 122 Å². The molecule has 0 aliphatic rings. The normalized spacial score (nSPS) is 11.3. The van der Waals surface area contributed by atoms with Gasteiger partial charge in [-0.1, -0.05) is 78.1 Å². The molecule has 4 aromatic heterocycles. The van der Waals surface area contributed by atoms with Crippen LogP contribution in [0, 0.1) is 0 Å². The Morgan fingerprint density at radius 2 is 0.921 bits per heavy atom. The number of rotatable bonds is 17. The summed E-state index contributed by atoms with van der Waals surface area (Å²) < 4.78 is 0. The molecular weight excluding hydrogens is 501 g/mol. The molecule has 2 nitrogen and oxygen atoms in total. The molecule has 0 unspecified atom stereocenters. The summed E-state index contributed by atoms with van der Waals surface area (Å²) in [5, 5.41) is 4.45. The van der Waals surface area contributed by atoms with Gasteiger partial charge in [0.1, 0.15) is 0 Å². The van der Waals surface area contributed by atoms with Crippen LogP contribution in [0.3, 0.4) is 0 Å². The van der Waals surface area contributed by atoms with Crippen LogP contribution in [0.2, 0.25) is 0 Å². The number of pyridine rings is 2. The summed E-state index contributed by atoms with van der Waals surface area (Å²) in [6.45, 7) is 4.56. The van der Waals surface area contributed by atoms with Gasteiger partial charge in [-0.2, -0.15) is 0 Å². The lowest BCUT2D eigenvalue weighted by Gasteiger charge is -2.07. The summed E-state index contributed by atoms with van der Waals surface area (Å²) in [7, 11) is 0. The molecule has 0 saturated carbocycles. The van der Waals surface area contributed by atoms with Crippen molar-refractivity contribution in [2.75, 3.05) is 0 Å². The maximum Gasteiger partial charge on any atom is 0.0886 e. The molecule has 0 atom stereocenters. The van der Waals surface area contributed by atoms with E-state index in [9.17, 15) is 0 Å². The van der Waals surface area contributed by atoms with Crippen LogP contribution in [-0.4, -0.2) is 9.97 Å². The molecule has 0 fully saturated rings. The molecule has 4 rings (SSSR count). The largest absolute Gasteiger partial charge is 0.254 e. The van der Waals surface area contributed by atoms with E-state index in [0.717, 1.165) is 11.4 Å². The molecule has 0 bridgehead atoms. The zero-order valence-corrected chi connectivity index (χ0v) is 25.0. The number of hydrogen-bond donors (Lipinski definition) is 0. The fraction of sp³-hybridized carbons (Fsp3) is 0.471. The number of hydrogen-bond acceptors (Lipinski definition) is 4. The van der Waals surface area contributed by atoms with E-state index in [4.69, 9.17) is 9.97 Å². The minimum Gasteiger partial charge on any atom is -0.254 e. The van der Waals surface area contributed by atoms with Crippen molar-refractivity contribution < 1.29 is 0 Å². The second kappa shape index (κ2) is 16.0. The Bertz CT molecular complexity index is 1090. The Morgan fingerprint density at radius 1 is 0.500 bits per heavy atom. The van der Waals surface area contributed by atoms with Crippen LogP contribution in [0.5, 0.6) is 0 Å². The van der Waals surface area contributed by atoms with Crippen molar-refractivity contribution in [1.82, 2.24) is 9.97 Å². The first-order valence-electron chi connectivity index (χ1n) is 14.9. The number of aromatic nitrogens is 2. The van der Waals surface area contributed by atoms with Gasteiger partial charge in [0.25, 0.3) is 0 Å². The van der Waals surface area contributed by atoms with Gasteiger partial charge in [0, 0.05) is 33.3 Å². The topological polar surface area (TPSA) is 25.8 Å². The quantitative estimate of drug-likeness (QED) is 0.124. The Labute approximate surface area is 238 Å². The highest BCUT2D eigenvalue weighted by Gasteiger charge is 2.11. The lowest BCUT2D eigenvalue weighted by Crippen LogP contribution is -1.91. The van der Waals surface area contributed by atoms with Crippen molar-refractivity contribution >= 4 is 22.7 Å². The Kier molecular flexibility index (Phi) is 12.1. The van der Waals surface area contributed by atoms with Gasteiger partial charge >= 0.3 is 0 Å². The van der Waals surface area contributed by atoms with E-state index >= 15 is 0 Å². The van der Waals surface area contributed by atoms with Gasteiger partial charge in [-0.05, 0) is 84.0 Å². The summed E-state index contributed by atoms with van der Waals surface area (Å²) in [6, 6.07) is 13.3. The molecule has 0 spiro atoms. The highest BCUT2D eigenvalue weighted by molar-refractivity contribution is 7.14. The van der Waals surface area contributed by atoms with Gasteiger partial charge in [-0.25, -0.2) is 0 Å². The molecule has 202 valence electrons. The molecule has 0 aliphatic carbocycles. The van der Waals surface area contributed by atoms with Crippen LogP contribution >= 0.6 is 22.7 Å². The number of thiophene rings is 2. The van der Waals surface area contributed by atoms with Crippen LogP contribution in [0.1, 0.15) is 102 Å². The van der Waals surface area contributed by atoms with Gasteiger partial charge in [-0.3, -0.25) is 9.97 Å². The Hall–Kier alpha value is -2.30. The van der Waals surface area contributed by atoms with Gasteiger partial charge in [-0.15, -0.1) is 22.7 Å². The van der Waals surface area contributed by atoms with Crippen molar-refractivity contribution in [2.45, 2.75) is 104 Å². The second-order valence-electron chi connectivity index (χ2n) is 10.4. The van der Waals surface area contributed by atoms with Gasteiger partial charge in [0.15, 0.2) is 0 Å². The second-order valence-corrected chi connectivity index (χ2v) is 12.3. The van der Waals surface area contributed by atoms with E-state index in [1.54, 1.807) is 0 Å². The van der Waals surface area contributed by atoms with Crippen molar-refractivity contribution in [3.05, 3.63) is 70.7 Å². The summed E-state index contributed by atoms with van der Waals surface area (Å²) in [4.78, 5) is 12.4. The van der Waals surface area contributed by atoms with Crippen molar-refractivity contribution in [1.29, 1.82) is 0 Å². The van der Waals surface area contributed by atoms with Crippen LogP contribution in [0.4, 0.5) is 0 Å². The average molecular weight is 545 g/mol. The first kappa shape index (κ1) is 28.7. The first-order chi connectivity index (χ1) is 18.8. The number of aryl methyl sites for hydroxylation is 2.